The van der Waals surface area contributed by atoms with Crippen LogP contribution in [0, 0.1) is 26.7 Å². The molecule has 0 atom stereocenters. The van der Waals surface area contributed by atoms with Crippen LogP contribution in [0.5, 0.6) is 0 Å². The fourth-order valence-electron chi connectivity index (χ4n) is 2.81. The van der Waals surface area contributed by atoms with Crippen molar-refractivity contribution in [1.82, 2.24) is 4.90 Å². The van der Waals surface area contributed by atoms with E-state index in [9.17, 15) is 9.59 Å². The molecule has 0 N–H and O–H groups in total. The third kappa shape index (κ3) is 6.05. The van der Waals surface area contributed by atoms with E-state index in [1.54, 1.807) is 11.8 Å². The van der Waals surface area contributed by atoms with Gasteiger partial charge >= 0.3 is 5.97 Å². The zero-order valence-corrected chi connectivity index (χ0v) is 15.2. The van der Waals surface area contributed by atoms with Crippen molar-refractivity contribution in [2.45, 2.75) is 48.0 Å². The molecule has 0 fully saturated rings. The fraction of sp³-hybridized carbons (Fsp3) is 0.579. The second-order valence-corrected chi connectivity index (χ2v) is 6.53. The van der Waals surface area contributed by atoms with E-state index in [1.165, 1.54) is 5.56 Å². The van der Waals surface area contributed by atoms with Crippen molar-refractivity contribution in [2.75, 3.05) is 19.7 Å². The molecule has 1 aromatic carbocycles. The van der Waals surface area contributed by atoms with Gasteiger partial charge in [-0.05, 0) is 50.3 Å². The van der Waals surface area contributed by atoms with E-state index in [-0.39, 0.29) is 18.4 Å². The minimum Gasteiger partial charge on any atom is -0.465 e. The number of amides is 1. The van der Waals surface area contributed by atoms with Crippen molar-refractivity contribution in [2.24, 2.45) is 5.92 Å². The summed E-state index contributed by atoms with van der Waals surface area (Å²) in [6.45, 7) is 12.9. The first-order valence-corrected chi connectivity index (χ1v) is 8.24. The Morgan fingerprint density at radius 2 is 1.70 bits per heavy atom. The molecule has 0 bridgehead atoms. The molecule has 23 heavy (non-hydrogen) atoms. The first-order valence-electron chi connectivity index (χ1n) is 8.24. The Morgan fingerprint density at radius 3 is 2.17 bits per heavy atom. The summed E-state index contributed by atoms with van der Waals surface area (Å²) in [4.78, 5) is 26.1. The highest BCUT2D eigenvalue weighted by Crippen LogP contribution is 2.18. The smallest absolute Gasteiger partial charge is 0.325 e. The molecule has 1 amide bonds. The molecule has 4 heteroatoms. The second kappa shape index (κ2) is 8.70. The molecule has 0 aliphatic carbocycles. The van der Waals surface area contributed by atoms with Crippen molar-refractivity contribution >= 4 is 11.9 Å². The SMILES string of the molecule is CCOC(=O)CN(CC(C)C)C(=O)Cc1c(C)cc(C)cc1C. The molecule has 0 radical (unpaired) electrons. The molecule has 0 aliphatic heterocycles. The summed E-state index contributed by atoms with van der Waals surface area (Å²) in [5.74, 6) is -0.0748. The maximum absolute atomic E-state index is 12.7. The van der Waals surface area contributed by atoms with Crippen LogP contribution in [0.3, 0.4) is 0 Å². The Morgan fingerprint density at radius 1 is 1.13 bits per heavy atom. The summed E-state index contributed by atoms with van der Waals surface area (Å²) in [6, 6.07) is 4.18. The number of hydrogen-bond acceptors (Lipinski definition) is 3. The number of nitrogens with zero attached hydrogens (tertiary/aromatic N) is 1. The summed E-state index contributed by atoms with van der Waals surface area (Å²) < 4.78 is 4.98. The molecular formula is C19H29NO3. The van der Waals surface area contributed by atoms with E-state index in [4.69, 9.17) is 4.74 Å². The van der Waals surface area contributed by atoms with Gasteiger partial charge in [-0.1, -0.05) is 31.5 Å². The molecule has 1 rings (SSSR count). The summed E-state index contributed by atoms with van der Waals surface area (Å²) >= 11 is 0. The van der Waals surface area contributed by atoms with Crippen molar-refractivity contribution in [3.8, 4) is 0 Å². The van der Waals surface area contributed by atoms with Crippen LogP contribution in [-0.2, 0) is 20.7 Å². The van der Waals surface area contributed by atoms with Crippen molar-refractivity contribution in [3.63, 3.8) is 0 Å². The number of esters is 1. The summed E-state index contributed by atoms with van der Waals surface area (Å²) in [7, 11) is 0. The zero-order chi connectivity index (χ0) is 17.6. The number of benzene rings is 1. The van der Waals surface area contributed by atoms with Crippen LogP contribution in [0.4, 0.5) is 0 Å². The van der Waals surface area contributed by atoms with Gasteiger partial charge in [0.1, 0.15) is 6.54 Å². The maximum Gasteiger partial charge on any atom is 0.325 e. The Hall–Kier alpha value is -1.84. The Balaban J connectivity index is 2.90. The molecule has 128 valence electrons. The highest BCUT2D eigenvalue weighted by atomic mass is 16.5. The van der Waals surface area contributed by atoms with Crippen LogP contribution in [0.2, 0.25) is 0 Å². The normalized spacial score (nSPS) is 10.7. The van der Waals surface area contributed by atoms with E-state index in [2.05, 4.69) is 19.1 Å². The lowest BCUT2D eigenvalue weighted by molar-refractivity contribution is -0.149. The van der Waals surface area contributed by atoms with Gasteiger partial charge in [0, 0.05) is 6.54 Å². The number of hydrogen-bond donors (Lipinski definition) is 0. The first kappa shape index (κ1) is 19.2. The molecule has 0 saturated carbocycles. The summed E-state index contributed by atoms with van der Waals surface area (Å²) in [5.41, 5.74) is 4.49. The molecule has 0 heterocycles. The van der Waals surface area contributed by atoms with E-state index < -0.39 is 0 Å². The van der Waals surface area contributed by atoms with Crippen LogP contribution >= 0.6 is 0 Å². The zero-order valence-electron chi connectivity index (χ0n) is 15.2. The molecular weight excluding hydrogens is 290 g/mol. The quantitative estimate of drug-likeness (QED) is 0.725. The predicted octanol–water partition coefficient (Wildman–Crippen LogP) is 3.20. The average Bonchev–Trinajstić information content (AvgIpc) is 2.41. The second-order valence-electron chi connectivity index (χ2n) is 6.53. The average molecular weight is 319 g/mol. The van der Waals surface area contributed by atoms with E-state index in [0.717, 1.165) is 16.7 Å². The number of ether oxygens (including phenoxy) is 1. The van der Waals surface area contributed by atoms with Crippen LogP contribution in [0.15, 0.2) is 12.1 Å². The van der Waals surface area contributed by atoms with Crippen LogP contribution in [-0.4, -0.2) is 36.5 Å². The molecule has 0 saturated heterocycles. The predicted molar refractivity (Wildman–Crippen MR) is 92.4 cm³/mol. The van der Waals surface area contributed by atoms with Crippen LogP contribution in [0.1, 0.15) is 43.0 Å². The van der Waals surface area contributed by atoms with Crippen molar-refractivity contribution < 1.29 is 14.3 Å². The number of rotatable bonds is 7. The first-order chi connectivity index (χ1) is 10.7. The third-order valence-corrected chi connectivity index (χ3v) is 3.73. The van der Waals surface area contributed by atoms with Gasteiger partial charge in [0.05, 0.1) is 13.0 Å². The number of aryl methyl sites for hydroxylation is 3. The molecule has 0 aromatic heterocycles. The molecule has 0 unspecified atom stereocenters. The van der Waals surface area contributed by atoms with Crippen molar-refractivity contribution in [1.29, 1.82) is 0 Å². The Bertz CT molecular complexity index is 541. The van der Waals surface area contributed by atoms with Gasteiger partial charge in [-0.15, -0.1) is 0 Å². The van der Waals surface area contributed by atoms with Gasteiger partial charge in [-0.2, -0.15) is 0 Å². The molecule has 1 aromatic rings. The standard InChI is InChI=1S/C19H29NO3/c1-7-23-19(22)12-20(11-13(2)3)18(21)10-17-15(5)8-14(4)9-16(17)6/h8-9,13H,7,10-12H2,1-6H3. The minimum atomic E-state index is -0.348. The lowest BCUT2D eigenvalue weighted by atomic mass is 9.97. The van der Waals surface area contributed by atoms with Gasteiger partial charge in [-0.3, -0.25) is 9.59 Å². The highest BCUT2D eigenvalue weighted by molar-refractivity contribution is 5.84. The van der Waals surface area contributed by atoms with Gasteiger partial charge in [0.2, 0.25) is 5.91 Å². The van der Waals surface area contributed by atoms with Crippen molar-refractivity contribution in [3.05, 3.63) is 34.4 Å². The number of carbonyl (C=O) groups excluding carboxylic acids is 2. The molecule has 4 nitrogen and oxygen atoms in total. The monoisotopic (exact) mass is 319 g/mol. The van der Waals surface area contributed by atoms with Gasteiger partial charge in [0.25, 0.3) is 0 Å². The van der Waals surface area contributed by atoms with E-state index in [1.807, 2.05) is 27.7 Å². The summed E-state index contributed by atoms with van der Waals surface area (Å²) in [5, 5.41) is 0. The lowest BCUT2D eigenvalue weighted by Crippen LogP contribution is -2.40. The van der Waals surface area contributed by atoms with E-state index >= 15 is 0 Å². The fourth-order valence-corrected chi connectivity index (χ4v) is 2.81. The van der Waals surface area contributed by atoms with Crippen LogP contribution in [0.25, 0.3) is 0 Å². The maximum atomic E-state index is 12.7. The van der Waals surface area contributed by atoms with E-state index in [0.29, 0.717) is 25.5 Å². The minimum absolute atomic E-state index is 0.0226. The molecule has 0 aliphatic rings. The Labute approximate surface area is 139 Å². The van der Waals surface area contributed by atoms with Crippen LogP contribution < -0.4 is 0 Å². The number of carbonyl (C=O) groups is 2. The van der Waals surface area contributed by atoms with Gasteiger partial charge in [-0.25, -0.2) is 0 Å². The molecule has 0 spiro atoms. The highest BCUT2D eigenvalue weighted by Gasteiger charge is 2.20. The van der Waals surface area contributed by atoms with Gasteiger partial charge < -0.3 is 9.64 Å². The summed E-state index contributed by atoms with van der Waals surface area (Å²) in [6.07, 6.45) is 0.323. The largest absolute Gasteiger partial charge is 0.465 e. The van der Waals surface area contributed by atoms with Gasteiger partial charge in [0.15, 0.2) is 0 Å². The lowest BCUT2D eigenvalue weighted by Gasteiger charge is -2.24. The Kier molecular flexibility index (Phi) is 7.27. The topological polar surface area (TPSA) is 46.6 Å². The third-order valence-electron chi connectivity index (χ3n) is 3.73.